The highest BCUT2D eigenvalue weighted by atomic mass is 79.9. The van der Waals surface area contributed by atoms with Gasteiger partial charge in [0.2, 0.25) is 0 Å². The fourth-order valence-corrected chi connectivity index (χ4v) is 1.51. The van der Waals surface area contributed by atoms with Crippen LogP contribution in [0, 0.1) is 5.82 Å². The minimum atomic E-state index is -0.335. The SMILES string of the molecule is Fc1c(S)ccc(Br)c1Br. The Morgan fingerprint density at radius 2 is 1.90 bits per heavy atom. The van der Waals surface area contributed by atoms with Gasteiger partial charge in [-0.2, -0.15) is 0 Å². The maximum Gasteiger partial charge on any atom is 0.151 e. The van der Waals surface area contributed by atoms with Crippen LogP contribution in [0.4, 0.5) is 4.39 Å². The summed E-state index contributed by atoms with van der Waals surface area (Å²) < 4.78 is 14.0. The van der Waals surface area contributed by atoms with E-state index in [2.05, 4.69) is 44.5 Å². The molecule has 0 saturated heterocycles. The molecule has 0 amide bonds. The van der Waals surface area contributed by atoms with Crippen LogP contribution in [-0.2, 0) is 0 Å². The maximum atomic E-state index is 12.8. The van der Waals surface area contributed by atoms with Gasteiger partial charge in [-0.15, -0.1) is 12.6 Å². The Morgan fingerprint density at radius 3 is 2.40 bits per heavy atom. The highest BCUT2D eigenvalue weighted by Crippen LogP contribution is 2.29. The smallest absolute Gasteiger partial charge is 0.151 e. The van der Waals surface area contributed by atoms with E-state index in [-0.39, 0.29) is 5.82 Å². The summed E-state index contributed by atoms with van der Waals surface area (Å²) in [5, 5.41) is 0. The van der Waals surface area contributed by atoms with Crippen LogP contribution in [0.2, 0.25) is 0 Å². The molecule has 1 aromatic carbocycles. The van der Waals surface area contributed by atoms with Gasteiger partial charge >= 0.3 is 0 Å². The van der Waals surface area contributed by atoms with Gasteiger partial charge in [0, 0.05) is 9.37 Å². The number of thiol groups is 1. The second-order valence-corrected chi connectivity index (χ2v) is 3.82. The third kappa shape index (κ3) is 1.54. The first kappa shape index (κ1) is 8.56. The summed E-state index contributed by atoms with van der Waals surface area (Å²) in [5.74, 6) is -0.335. The molecule has 1 aromatic rings. The summed E-state index contributed by atoms with van der Waals surface area (Å²) in [6.07, 6.45) is 0. The van der Waals surface area contributed by atoms with E-state index in [9.17, 15) is 4.39 Å². The lowest BCUT2D eigenvalue weighted by molar-refractivity contribution is 0.594. The largest absolute Gasteiger partial charge is 0.204 e. The van der Waals surface area contributed by atoms with Crippen LogP contribution in [0.1, 0.15) is 0 Å². The lowest BCUT2D eigenvalue weighted by Crippen LogP contribution is -1.80. The Bertz CT molecular complexity index is 235. The van der Waals surface area contributed by atoms with Crippen molar-refractivity contribution in [3.8, 4) is 0 Å². The van der Waals surface area contributed by atoms with Crippen molar-refractivity contribution in [1.29, 1.82) is 0 Å². The molecular weight excluding hydrogens is 283 g/mol. The average molecular weight is 286 g/mol. The van der Waals surface area contributed by atoms with Crippen LogP contribution in [0.5, 0.6) is 0 Å². The molecule has 0 bridgehead atoms. The van der Waals surface area contributed by atoms with E-state index >= 15 is 0 Å². The van der Waals surface area contributed by atoms with Crippen molar-refractivity contribution < 1.29 is 4.39 Å². The molecule has 10 heavy (non-hydrogen) atoms. The maximum absolute atomic E-state index is 12.8. The molecule has 0 radical (unpaired) electrons. The van der Waals surface area contributed by atoms with E-state index in [4.69, 9.17) is 0 Å². The minimum Gasteiger partial charge on any atom is -0.204 e. The van der Waals surface area contributed by atoms with E-state index in [0.29, 0.717) is 13.8 Å². The van der Waals surface area contributed by atoms with E-state index in [0.717, 1.165) is 0 Å². The number of hydrogen-bond donors (Lipinski definition) is 1. The van der Waals surface area contributed by atoms with Gasteiger partial charge in [-0.25, -0.2) is 4.39 Å². The summed E-state index contributed by atoms with van der Waals surface area (Å²) in [5.41, 5.74) is 0. The summed E-state index contributed by atoms with van der Waals surface area (Å²) in [6, 6.07) is 3.32. The van der Waals surface area contributed by atoms with Crippen LogP contribution in [-0.4, -0.2) is 0 Å². The predicted octanol–water partition coefficient (Wildman–Crippen LogP) is 3.64. The highest BCUT2D eigenvalue weighted by molar-refractivity contribution is 9.13. The number of rotatable bonds is 0. The first-order valence-corrected chi connectivity index (χ1v) is 4.48. The Balaban J connectivity index is 3.34. The zero-order valence-corrected chi connectivity index (χ0v) is 8.80. The van der Waals surface area contributed by atoms with Gasteiger partial charge in [0.05, 0.1) is 4.47 Å². The molecule has 0 aromatic heterocycles. The summed E-state index contributed by atoms with van der Waals surface area (Å²) in [7, 11) is 0. The molecule has 0 spiro atoms. The van der Waals surface area contributed by atoms with Crippen molar-refractivity contribution in [2.24, 2.45) is 0 Å². The predicted molar refractivity (Wildman–Crippen MR) is 49.1 cm³/mol. The van der Waals surface area contributed by atoms with Crippen molar-refractivity contribution in [3.05, 3.63) is 26.9 Å². The van der Waals surface area contributed by atoms with Gasteiger partial charge in [0.1, 0.15) is 0 Å². The molecule has 0 fully saturated rings. The van der Waals surface area contributed by atoms with Crippen LogP contribution < -0.4 is 0 Å². The number of benzene rings is 1. The average Bonchev–Trinajstić information content (AvgIpc) is 1.93. The summed E-state index contributed by atoms with van der Waals surface area (Å²) >= 11 is 10.1. The topological polar surface area (TPSA) is 0 Å². The van der Waals surface area contributed by atoms with Crippen LogP contribution >= 0.6 is 44.5 Å². The molecule has 0 atom stereocenters. The molecular formula is C6H3Br2FS. The second-order valence-electron chi connectivity index (χ2n) is 1.69. The molecule has 0 saturated carbocycles. The van der Waals surface area contributed by atoms with Crippen molar-refractivity contribution in [2.75, 3.05) is 0 Å². The molecule has 0 aliphatic rings. The lowest BCUT2D eigenvalue weighted by atomic mass is 10.3. The van der Waals surface area contributed by atoms with Crippen molar-refractivity contribution >= 4 is 44.5 Å². The van der Waals surface area contributed by atoms with Gasteiger partial charge < -0.3 is 0 Å². The fraction of sp³-hybridized carbons (Fsp3) is 0. The highest BCUT2D eigenvalue weighted by Gasteiger charge is 2.05. The van der Waals surface area contributed by atoms with Crippen LogP contribution in [0.25, 0.3) is 0 Å². The number of halogens is 3. The molecule has 0 aliphatic heterocycles. The first-order chi connectivity index (χ1) is 4.63. The van der Waals surface area contributed by atoms with E-state index < -0.39 is 0 Å². The molecule has 4 heteroatoms. The van der Waals surface area contributed by atoms with Crippen molar-refractivity contribution in [2.45, 2.75) is 4.90 Å². The third-order valence-corrected chi connectivity index (χ3v) is 3.33. The van der Waals surface area contributed by atoms with Gasteiger partial charge in [-0.05, 0) is 44.0 Å². The van der Waals surface area contributed by atoms with Gasteiger partial charge in [0.15, 0.2) is 5.82 Å². The normalized spacial score (nSPS) is 10.0. The van der Waals surface area contributed by atoms with E-state index in [1.807, 2.05) is 0 Å². The lowest BCUT2D eigenvalue weighted by Gasteiger charge is -1.98. The fourth-order valence-electron chi connectivity index (χ4n) is 0.516. The first-order valence-electron chi connectivity index (χ1n) is 2.45. The van der Waals surface area contributed by atoms with Crippen LogP contribution in [0.15, 0.2) is 26.0 Å². The Morgan fingerprint density at radius 1 is 1.30 bits per heavy atom. The van der Waals surface area contributed by atoms with Gasteiger partial charge in [0.25, 0.3) is 0 Å². The Labute approximate surface area is 80.5 Å². The second kappa shape index (κ2) is 3.24. The van der Waals surface area contributed by atoms with E-state index in [1.165, 1.54) is 0 Å². The quantitative estimate of drug-likeness (QED) is 0.546. The molecule has 1 rings (SSSR count). The monoisotopic (exact) mass is 284 g/mol. The van der Waals surface area contributed by atoms with Crippen molar-refractivity contribution in [1.82, 2.24) is 0 Å². The molecule has 0 nitrogen and oxygen atoms in total. The third-order valence-electron chi connectivity index (χ3n) is 1.01. The summed E-state index contributed by atoms with van der Waals surface area (Å²) in [4.78, 5) is 0.343. The minimum absolute atomic E-state index is 0.335. The molecule has 0 heterocycles. The molecule has 0 unspecified atom stereocenters. The van der Waals surface area contributed by atoms with Crippen LogP contribution in [0.3, 0.4) is 0 Å². The zero-order valence-electron chi connectivity index (χ0n) is 4.74. The zero-order chi connectivity index (χ0) is 7.72. The van der Waals surface area contributed by atoms with Gasteiger partial charge in [-0.3, -0.25) is 0 Å². The Kier molecular flexibility index (Phi) is 2.77. The molecule has 0 aliphatic carbocycles. The van der Waals surface area contributed by atoms with Gasteiger partial charge in [-0.1, -0.05) is 0 Å². The number of hydrogen-bond acceptors (Lipinski definition) is 1. The molecule has 54 valence electrons. The van der Waals surface area contributed by atoms with E-state index in [1.54, 1.807) is 12.1 Å². The standard InChI is InChI=1S/C6H3Br2FS/c7-3-1-2-4(10)6(9)5(3)8/h1-2,10H. The van der Waals surface area contributed by atoms with Crippen molar-refractivity contribution in [3.63, 3.8) is 0 Å². The Hall–Kier alpha value is 0.460. The molecule has 0 N–H and O–H groups in total. The summed E-state index contributed by atoms with van der Waals surface area (Å²) in [6.45, 7) is 0.